The van der Waals surface area contributed by atoms with Crippen LogP contribution in [0.5, 0.6) is 5.75 Å². The number of hydrogen-bond acceptors (Lipinski definition) is 7. The van der Waals surface area contributed by atoms with Crippen LogP contribution in [0.4, 0.5) is 9.18 Å². The molecule has 250 valence electrons. The molecule has 2 aromatic heterocycles. The Morgan fingerprint density at radius 1 is 1.13 bits per heavy atom. The van der Waals surface area contributed by atoms with Crippen molar-refractivity contribution < 1.29 is 23.4 Å². The highest BCUT2D eigenvalue weighted by molar-refractivity contribution is 5.85. The number of pyridine rings is 1. The number of piperazine rings is 1. The van der Waals surface area contributed by atoms with Crippen LogP contribution in [0.15, 0.2) is 54.6 Å². The van der Waals surface area contributed by atoms with Crippen molar-refractivity contribution in [3.05, 3.63) is 77.2 Å². The van der Waals surface area contributed by atoms with E-state index in [0.29, 0.717) is 55.5 Å². The van der Waals surface area contributed by atoms with Crippen molar-refractivity contribution in [2.24, 2.45) is 0 Å². The smallest absolute Gasteiger partial charge is 0.410 e. The molecule has 6 rings (SSSR count). The van der Waals surface area contributed by atoms with Crippen molar-refractivity contribution in [3.63, 3.8) is 0 Å². The monoisotopic (exact) mass is 643 g/mol. The number of amides is 1. The Bertz CT molecular complexity index is 1710. The second-order valence-corrected chi connectivity index (χ2v) is 14.3. The van der Waals surface area contributed by atoms with Crippen molar-refractivity contribution in [2.75, 3.05) is 26.2 Å². The Morgan fingerprint density at radius 2 is 1.91 bits per heavy atom. The number of ether oxygens (including phenoxy) is 3. The zero-order chi connectivity index (χ0) is 33.3. The molecule has 9 nitrogen and oxygen atoms in total. The van der Waals surface area contributed by atoms with Gasteiger partial charge in [-0.25, -0.2) is 14.2 Å². The van der Waals surface area contributed by atoms with Crippen LogP contribution in [-0.4, -0.2) is 74.6 Å². The van der Waals surface area contributed by atoms with E-state index in [2.05, 4.69) is 28.9 Å². The first-order valence-electron chi connectivity index (χ1n) is 16.6. The summed E-state index contributed by atoms with van der Waals surface area (Å²) < 4.78 is 34.0. The molecule has 2 unspecified atom stereocenters. The molecule has 2 fully saturated rings. The number of benzene rings is 2. The van der Waals surface area contributed by atoms with Crippen LogP contribution in [0.1, 0.15) is 76.7 Å². The van der Waals surface area contributed by atoms with Crippen LogP contribution in [0, 0.1) is 12.7 Å². The number of fused-ring (bicyclic) bond motifs is 1. The largest absolute Gasteiger partial charge is 0.489 e. The molecule has 4 aromatic rings. The number of nitrogens with one attached hydrogen (secondary N) is 1. The molecule has 1 N–H and O–H groups in total. The molecule has 0 saturated carbocycles. The van der Waals surface area contributed by atoms with Gasteiger partial charge in [-0.1, -0.05) is 30.3 Å². The van der Waals surface area contributed by atoms with Gasteiger partial charge in [-0.3, -0.25) is 10.00 Å². The van der Waals surface area contributed by atoms with E-state index in [4.69, 9.17) is 19.2 Å². The zero-order valence-electron chi connectivity index (χ0n) is 28.3. The maximum Gasteiger partial charge on any atom is 0.410 e. The molecule has 2 atom stereocenters. The number of aromatic nitrogens is 3. The molecular formula is C37H46FN5O4. The first-order chi connectivity index (χ1) is 22.4. The standard InChI is InChI=1S/C37H46FN5O4/c1-24-32-28(33(31-14-10-11-19-45-31)42-17-18-43(37(5,6)23-42)35(44)47-36(2,3)4)21-30(39-34(32)41-40-24)27-16-15-26(20-29(27)38)46-22-25-12-8-7-9-13-25/h7-9,12-13,15-16,20-21,31,33H,10-11,14,17-19,22-23H2,1-6H3,(H,39,40,41). The first kappa shape index (κ1) is 32.9. The van der Waals surface area contributed by atoms with Crippen molar-refractivity contribution in [1.29, 1.82) is 0 Å². The van der Waals surface area contributed by atoms with Crippen molar-refractivity contribution >= 4 is 17.1 Å². The molecule has 0 bridgehead atoms. The molecule has 0 aliphatic carbocycles. The number of carbonyl (C=O) groups is 1. The molecule has 2 aromatic carbocycles. The number of hydrogen-bond donors (Lipinski definition) is 1. The summed E-state index contributed by atoms with van der Waals surface area (Å²) >= 11 is 0. The van der Waals surface area contributed by atoms with Gasteiger partial charge in [-0.15, -0.1) is 0 Å². The van der Waals surface area contributed by atoms with Gasteiger partial charge in [0.2, 0.25) is 0 Å². The fraction of sp³-hybridized carbons (Fsp3) is 0.486. The van der Waals surface area contributed by atoms with Gasteiger partial charge in [-0.2, -0.15) is 5.10 Å². The summed E-state index contributed by atoms with van der Waals surface area (Å²) in [6.07, 6.45) is 2.59. The molecular weight excluding hydrogens is 597 g/mol. The van der Waals surface area contributed by atoms with E-state index >= 15 is 4.39 Å². The summed E-state index contributed by atoms with van der Waals surface area (Å²) in [4.78, 5) is 22.3. The maximum atomic E-state index is 15.8. The minimum Gasteiger partial charge on any atom is -0.489 e. The predicted octanol–water partition coefficient (Wildman–Crippen LogP) is 7.59. The Hall–Kier alpha value is -4.02. The Labute approximate surface area is 276 Å². The van der Waals surface area contributed by atoms with Gasteiger partial charge >= 0.3 is 6.09 Å². The summed E-state index contributed by atoms with van der Waals surface area (Å²) in [5.41, 5.74) is 3.24. The number of aryl methyl sites for hydroxylation is 1. The molecule has 2 aliphatic heterocycles. The summed E-state index contributed by atoms with van der Waals surface area (Å²) in [5.74, 6) is 0.0366. The van der Waals surface area contributed by atoms with Gasteiger partial charge in [0.05, 0.1) is 29.1 Å². The van der Waals surface area contributed by atoms with E-state index in [1.807, 2.05) is 69.0 Å². The van der Waals surface area contributed by atoms with Gasteiger partial charge in [0, 0.05) is 43.3 Å². The summed E-state index contributed by atoms with van der Waals surface area (Å²) in [6.45, 7) is 14.6. The van der Waals surface area contributed by atoms with E-state index in [1.165, 1.54) is 6.07 Å². The number of rotatable bonds is 7. The molecule has 0 radical (unpaired) electrons. The van der Waals surface area contributed by atoms with E-state index < -0.39 is 17.0 Å². The quantitative estimate of drug-likeness (QED) is 0.222. The predicted molar refractivity (Wildman–Crippen MR) is 180 cm³/mol. The molecule has 2 aliphatic rings. The molecule has 2 saturated heterocycles. The third kappa shape index (κ3) is 7.28. The summed E-state index contributed by atoms with van der Waals surface area (Å²) in [5, 5.41) is 8.53. The maximum absolute atomic E-state index is 15.8. The molecule has 10 heteroatoms. The summed E-state index contributed by atoms with van der Waals surface area (Å²) in [6, 6.07) is 16.6. The van der Waals surface area contributed by atoms with Crippen LogP contribution >= 0.6 is 0 Å². The van der Waals surface area contributed by atoms with Crippen LogP contribution in [0.3, 0.4) is 0 Å². The number of nitrogens with zero attached hydrogens (tertiary/aromatic N) is 4. The van der Waals surface area contributed by atoms with Gasteiger partial charge in [0.25, 0.3) is 0 Å². The van der Waals surface area contributed by atoms with Crippen LogP contribution in [0.2, 0.25) is 0 Å². The second kappa shape index (κ2) is 13.2. The van der Waals surface area contributed by atoms with Gasteiger partial charge in [0.1, 0.15) is 23.8 Å². The highest BCUT2D eigenvalue weighted by Crippen LogP contribution is 2.40. The topological polar surface area (TPSA) is 92.8 Å². The fourth-order valence-electron chi connectivity index (χ4n) is 6.86. The van der Waals surface area contributed by atoms with E-state index in [1.54, 1.807) is 12.1 Å². The molecule has 1 amide bonds. The SMILES string of the molecule is Cc1n[nH]c2nc(-c3ccc(OCc4ccccc4)cc3F)cc(C(C3CCCCO3)N3CCN(C(=O)OC(C)(C)C)C(C)(C)C3)c12. The number of halogens is 1. The van der Waals surface area contributed by atoms with Crippen LogP contribution < -0.4 is 4.74 Å². The lowest BCUT2D eigenvalue weighted by molar-refractivity contribution is -0.0763. The van der Waals surface area contributed by atoms with Crippen LogP contribution in [-0.2, 0) is 16.1 Å². The fourth-order valence-corrected chi connectivity index (χ4v) is 6.86. The van der Waals surface area contributed by atoms with Crippen molar-refractivity contribution in [3.8, 4) is 17.0 Å². The molecule has 47 heavy (non-hydrogen) atoms. The Balaban J connectivity index is 1.35. The minimum absolute atomic E-state index is 0.0843. The van der Waals surface area contributed by atoms with Gasteiger partial charge in [-0.05, 0) is 90.1 Å². The van der Waals surface area contributed by atoms with Gasteiger partial charge < -0.3 is 19.1 Å². The number of aromatic amines is 1. The Morgan fingerprint density at radius 3 is 2.60 bits per heavy atom. The Kier molecular flexibility index (Phi) is 9.27. The number of carbonyl (C=O) groups excluding carboxylic acids is 1. The van der Waals surface area contributed by atoms with Crippen LogP contribution in [0.25, 0.3) is 22.3 Å². The van der Waals surface area contributed by atoms with Gasteiger partial charge in [0.15, 0.2) is 5.65 Å². The first-order valence-corrected chi connectivity index (χ1v) is 16.6. The van der Waals surface area contributed by atoms with Crippen molar-refractivity contribution in [2.45, 2.75) is 90.7 Å². The minimum atomic E-state index is -0.581. The average Bonchev–Trinajstić information content (AvgIpc) is 3.40. The van der Waals surface area contributed by atoms with E-state index in [9.17, 15) is 4.79 Å². The third-order valence-electron chi connectivity index (χ3n) is 9.03. The highest BCUT2D eigenvalue weighted by atomic mass is 19.1. The number of H-pyrrole nitrogens is 1. The highest BCUT2D eigenvalue weighted by Gasteiger charge is 2.44. The lowest BCUT2D eigenvalue weighted by atomic mass is 9.88. The van der Waals surface area contributed by atoms with E-state index in [-0.39, 0.29) is 18.2 Å². The lowest BCUT2D eigenvalue weighted by Gasteiger charge is -2.50. The van der Waals surface area contributed by atoms with Crippen molar-refractivity contribution in [1.82, 2.24) is 25.0 Å². The third-order valence-corrected chi connectivity index (χ3v) is 9.03. The lowest BCUT2D eigenvalue weighted by Crippen LogP contribution is -2.63. The normalized spacial score (nSPS) is 19.5. The second-order valence-electron chi connectivity index (χ2n) is 14.3. The summed E-state index contributed by atoms with van der Waals surface area (Å²) in [7, 11) is 0. The average molecular weight is 644 g/mol. The zero-order valence-corrected chi connectivity index (χ0v) is 28.3. The molecule has 0 spiro atoms. The van der Waals surface area contributed by atoms with E-state index in [0.717, 1.165) is 41.5 Å². The molecule has 4 heterocycles.